The van der Waals surface area contributed by atoms with Gasteiger partial charge in [0.15, 0.2) is 0 Å². The second-order valence-electron chi connectivity index (χ2n) is 6.91. The Balaban J connectivity index is 1.88. The van der Waals surface area contributed by atoms with E-state index in [9.17, 15) is 4.79 Å². The van der Waals surface area contributed by atoms with Crippen LogP contribution in [-0.2, 0) is 4.74 Å². The topological polar surface area (TPSA) is 51.9 Å². The fourth-order valence-electron chi connectivity index (χ4n) is 3.65. The van der Waals surface area contributed by atoms with Crippen LogP contribution in [0.5, 0.6) is 5.75 Å². The minimum Gasteiger partial charge on any atom is -0.464 e. The molecule has 2 heterocycles. The highest BCUT2D eigenvalue weighted by Crippen LogP contribution is 2.42. The molecule has 140 valence electrons. The van der Waals surface area contributed by atoms with E-state index in [-0.39, 0.29) is 11.5 Å². The van der Waals surface area contributed by atoms with Gasteiger partial charge in [-0.25, -0.2) is 4.79 Å². The molecule has 1 aromatic heterocycles. The zero-order chi connectivity index (χ0) is 19.0. The highest BCUT2D eigenvalue weighted by atomic mass is 16.7. The Kier molecular flexibility index (Phi) is 4.62. The van der Waals surface area contributed by atoms with Crippen LogP contribution in [0.25, 0.3) is 11.0 Å². The van der Waals surface area contributed by atoms with E-state index in [0.29, 0.717) is 29.9 Å². The second kappa shape index (κ2) is 7.08. The van der Waals surface area contributed by atoms with Crippen LogP contribution in [0.1, 0.15) is 30.4 Å². The van der Waals surface area contributed by atoms with Gasteiger partial charge in [-0.3, -0.25) is 0 Å². The lowest BCUT2D eigenvalue weighted by Gasteiger charge is -2.32. The van der Waals surface area contributed by atoms with E-state index in [1.165, 1.54) is 0 Å². The summed E-state index contributed by atoms with van der Waals surface area (Å²) in [5, 5.41) is 0.798. The largest absolute Gasteiger partial charge is 0.464 e. The van der Waals surface area contributed by atoms with Crippen LogP contribution >= 0.6 is 0 Å². The molecule has 0 spiro atoms. The minimum atomic E-state index is -0.397. The third kappa shape index (κ3) is 3.19. The predicted molar refractivity (Wildman–Crippen MR) is 106 cm³/mol. The molecular weight excluding hydrogens is 342 g/mol. The van der Waals surface area contributed by atoms with Crippen molar-refractivity contribution in [1.29, 1.82) is 0 Å². The number of nitrogens with zero attached hydrogens (tertiary/aromatic N) is 1. The Morgan fingerprint density at radius 1 is 1.11 bits per heavy atom. The van der Waals surface area contributed by atoms with Gasteiger partial charge in [-0.15, -0.1) is 0 Å². The van der Waals surface area contributed by atoms with Crippen LogP contribution < -0.4 is 15.3 Å². The molecule has 4 rings (SSSR count). The Morgan fingerprint density at radius 3 is 2.56 bits per heavy atom. The van der Waals surface area contributed by atoms with E-state index in [1.54, 1.807) is 6.07 Å². The number of ether oxygens (including phenoxy) is 2. The van der Waals surface area contributed by atoms with Crippen molar-refractivity contribution in [2.45, 2.75) is 25.6 Å². The Morgan fingerprint density at radius 2 is 1.85 bits per heavy atom. The van der Waals surface area contributed by atoms with Gasteiger partial charge in [-0.2, -0.15) is 0 Å². The van der Waals surface area contributed by atoms with Gasteiger partial charge >= 0.3 is 5.63 Å². The lowest BCUT2D eigenvalue weighted by molar-refractivity contribution is -0.0889. The molecular formula is C22H23NO4. The van der Waals surface area contributed by atoms with Gasteiger partial charge < -0.3 is 18.8 Å². The summed E-state index contributed by atoms with van der Waals surface area (Å²) < 4.78 is 17.5. The Bertz CT molecular complexity index is 1010. The van der Waals surface area contributed by atoms with Crippen molar-refractivity contribution in [3.8, 4) is 5.75 Å². The summed E-state index contributed by atoms with van der Waals surface area (Å²) in [6.45, 7) is 2.49. The standard InChI is InChI=1S/C22H23NO4/c1-4-25-19-13-17(14-9-11-15(12-10-14)23(2)3)20-21(27-19)16-7-5-6-8-18(16)26-22(20)24/h5-12,17,19H,4,13H2,1-3H3/t17-,19+/m0/s1. The Labute approximate surface area is 158 Å². The predicted octanol–water partition coefficient (Wildman–Crippen LogP) is 4.14. The maximum absolute atomic E-state index is 12.8. The van der Waals surface area contributed by atoms with Crippen LogP contribution in [0.3, 0.4) is 0 Å². The summed E-state index contributed by atoms with van der Waals surface area (Å²) in [6.07, 6.45) is 0.178. The maximum Gasteiger partial charge on any atom is 0.343 e. The van der Waals surface area contributed by atoms with E-state index >= 15 is 0 Å². The summed E-state index contributed by atoms with van der Waals surface area (Å²) in [5.74, 6) is 0.440. The number of hydrogen-bond donors (Lipinski definition) is 0. The van der Waals surface area contributed by atoms with Crippen molar-refractivity contribution < 1.29 is 13.9 Å². The first-order valence-electron chi connectivity index (χ1n) is 9.19. The van der Waals surface area contributed by atoms with E-state index in [4.69, 9.17) is 13.9 Å². The third-order valence-corrected chi connectivity index (χ3v) is 4.99. The summed E-state index contributed by atoms with van der Waals surface area (Å²) in [6, 6.07) is 15.7. The summed E-state index contributed by atoms with van der Waals surface area (Å²) in [4.78, 5) is 14.9. The molecule has 1 aliphatic heterocycles. The molecule has 5 nitrogen and oxygen atoms in total. The first-order chi connectivity index (χ1) is 13.1. The molecule has 0 fully saturated rings. The van der Waals surface area contributed by atoms with E-state index < -0.39 is 6.29 Å². The number of hydrogen-bond acceptors (Lipinski definition) is 5. The van der Waals surface area contributed by atoms with Crippen molar-refractivity contribution in [2.24, 2.45) is 0 Å². The van der Waals surface area contributed by atoms with Crippen molar-refractivity contribution in [2.75, 3.05) is 25.6 Å². The molecule has 0 unspecified atom stereocenters. The van der Waals surface area contributed by atoms with E-state index in [2.05, 4.69) is 24.3 Å². The number of anilines is 1. The first-order valence-corrected chi connectivity index (χ1v) is 9.19. The lowest BCUT2D eigenvalue weighted by atomic mass is 9.86. The van der Waals surface area contributed by atoms with Gasteiger partial charge in [0.2, 0.25) is 6.29 Å². The fraction of sp³-hybridized carbons (Fsp3) is 0.318. The fourth-order valence-corrected chi connectivity index (χ4v) is 3.65. The number of fused-ring (bicyclic) bond motifs is 3. The molecule has 0 N–H and O–H groups in total. The highest BCUT2D eigenvalue weighted by molar-refractivity contribution is 5.85. The van der Waals surface area contributed by atoms with Crippen LogP contribution in [0.4, 0.5) is 5.69 Å². The molecule has 0 bridgehead atoms. The van der Waals surface area contributed by atoms with Crippen molar-refractivity contribution in [3.05, 3.63) is 70.1 Å². The minimum absolute atomic E-state index is 0.137. The highest BCUT2D eigenvalue weighted by Gasteiger charge is 2.34. The van der Waals surface area contributed by atoms with Gasteiger partial charge in [0, 0.05) is 38.7 Å². The van der Waals surface area contributed by atoms with Crippen LogP contribution in [0.15, 0.2) is 57.7 Å². The zero-order valence-corrected chi connectivity index (χ0v) is 15.8. The normalized spacial score (nSPS) is 18.8. The summed E-state index contributed by atoms with van der Waals surface area (Å²) in [7, 11) is 4.01. The van der Waals surface area contributed by atoms with Gasteiger partial charge in [0.25, 0.3) is 0 Å². The SMILES string of the molecule is CCO[C@H]1C[C@@H](c2ccc(N(C)C)cc2)c2c(c3ccccc3oc2=O)O1. The van der Waals surface area contributed by atoms with Crippen molar-refractivity contribution in [1.82, 2.24) is 0 Å². The van der Waals surface area contributed by atoms with Gasteiger partial charge in [-0.05, 0) is 36.8 Å². The van der Waals surface area contributed by atoms with Crippen molar-refractivity contribution >= 4 is 16.7 Å². The second-order valence-corrected chi connectivity index (χ2v) is 6.91. The molecule has 0 aliphatic carbocycles. The van der Waals surface area contributed by atoms with Crippen molar-refractivity contribution in [3.63, 3.8) is 0 Å². The molecule has 0 radical (unpaired) electrons. The third-order valence-electron chi connectivity index (χ3n) is 4.99. The molecule has 2 atom stereocenters. The average molecular weight is 365 g/mol. The van der Waals surface area contributed by atoms with Crippen LogP contribution in [0, 0.1) is 0 Å². The van der Waals surface area contributed by atoms with Gasteiger partial charge in [0.1, 0.15) is 11.3 Å². The number of benzene rings is 2. The molecule has 0 saturated carbocycles. The first kappa shape index (κ1) is 17.6. The molecule has 0 saturated heterocycles. The summed E-state index contributed by atoms with van der Waals surface area (Å²) in [5.41, 5.74) is 2.91. The number of rotatable bonds is 4. The van der Waals surface area contributed by atoms with Crippen LogP contribution in [-0.4, -0.2) is 27.0 Å². The monoisotopic (exact) mass is 365 g/mol. The molecule has 0 amide bonds. The molecule has 1 aliphatic rings. The molecule has 5 heteroatoms. The lowest BCUT2D eigenvalue weighted by Crippen LogP contribution is -2.32. The quantitative estimate of drug-likeness (QED) is 0.651. The molecule has 27 heavy (non-hydrogen) atoms. The maximum atomic E-state index is 12.8. The van der Waals surface area contributed by atoms with E-state index in [1.807, 2.05) is 44.1 Å². The Hall–Kier alpha value is -2.79. The van der Waals surface area contributed by atoms with Crippen LogP contribution in [0.2, 0.25) is 0 Å². The van der Waals surface area contributed by atoms with Gasteiger partial charge in [0.05, 0.1) is 10.9 Å². The number of para-hydroxylation sites is 1. The van der Waals surface area contributed by atoms with Gasteiger partial charge in [-0.1, -0.05) is 24.3 Å². The zero-order valence-electron chi connectivity index (χ0n) is 15.8. The molecule has 2 aromatic carbocycles. The average Bonchev–Trinajstić information content (AvgIpc) is 2.68. The smallest absolute Gasteiger partial charge is 0.343 e. The summed E-state index contributed by atoms with van der Waals surface area (Å²) >= 11 is 0. The van der Waals surface area contributed by atoms with E-state index in [0.717, 1.165) is 16.6 Å². The molecule has 3 aromatic rings.